The zero-order valence-electron chi connectivity index (χ0n) is 14.6. The molecular formula is C18H20N6O2. The molecule has 8 nitrogen and oxygen atoms in total. The lowest BCUT2D eigenvalue weighted by molar-refractivity contribution is 0.0741. The molecule has 1 fully saturated rings. The summed E-state index contributed by atoms with van der Waals surface area (Å²) in [6.45, 7) is 5.23. The molecule has 0 atom stereocenters. The molecule has 0 aliphatic carbocycles. The Kier molecular flexibility index (Phi) is 4.39. The van der Waals surface area contributed by atoms with Gasteiger partial charge in [-0.05, 0) is 25.1 Å². The average Bonchev–Trinajstić information content (AvgIpc) is 3.12. The van der Waals surface area contributed by atoms with E-state index in [-0.39, 0.29) is 5.91 Å². The number of carbonyl (C=O) groups is 1. The Morgan fingerprint density at radius 2 is 2.00 bits per heavy atom. The monoisotopic (exact) mass is 352 g/mol. The Morgan fingerprint density at radius 1 is 1.15 bits per heavy atom. The van der Waals surface area contributed by atoms with Gasteiger partial charge in [0.25, 0.3) is 5.91 Å². The summed E-state index contributed by atoms with van der Waals surface area (Å²) in [5.74, 6) is 1.38. The fourth-order valence-corrected chi connectivity index (χ4v) is 3.03. The topological polar surface area (TPSA) is 75.9 Å². The maximum absolute atomic E-state index is 12.8. The fourth-order valence-electron chi connectivity index (χ4n) is 3.03. The third-order valence-electron chi connectivity index (χ3n) is 4.35. The molecule has 1 amide bonds. The highest BCUT2D eigenvalue weighted by atomic mass is 16.5. The molecule has 1 aliphatic rings. The third kappa shape index (κ3) is 3.17. The van der Waals surface area contributed by atoms with Crippen LogP contribution in [-0.4, -0.2) is 63.2 Å². The van der Waals surface area contributed by atoms with E-state index in [0.717, 1.165) is 18.9 Å². The predicted molar refractivity (Wildman–Crippen MR) is 96.5 cm³/mol. The third-order valence-corrected chi connectivity index (χ3v) is 4.35. The first-order valence-electron chi connectivity index (χ1n) is 8.69. The van der Waals surface area contributed by atoms with Gasteiger partial charge in [-0.1, -0.05) is 6.07 Å². The molecule has 26 heavy (non-hydrogen) atoms. The predicted octanol–water partition coefficient (Wildman–Crippen LogP) is 1.49. The van der Waals surface area contributed by atoms with Crippen molar-refractivity contribution in [3.8, 4) is 5.88 Å². The van der Waals surface area contributed by atoms with E-state index in [1.54, 1.807) is 29.0 Å². The van der Waals surface area contributed by atoms with Crippen molar-refractivity contribution in [2.24, 2.45) is 0 Å². The Labute approximate surface area is 151 Å². The Morgan fingerprint density at radius 3 is 2.73 bits per heavy atom. The van der Waals surface area contributed by atoms with Crippen molar-refractivity contribution >= 4 is 17.4 Å². The van der Waals surface area contributed by atoms with Crippen molar-refractivity contribution < 1.29 is 9.53 Å². The molecule has 0 spiro atoms. The van der Waals surface area contributed by atoms with Crippen molar-refractivity contribution in [3.05, 3.63) is 48.4 Å². The summed E-state index contributed by atoms with van der Waals surface area (Å²) in [5, 5.41) is 4.31. The molecule has 4 heterocycles. The number of ether oxygens (including phenoxy) is 1. The van der Waals surface area contributed by atoms with Gasteiger partial charge in [0, 0.05) is 38.4 Å². The highest BCUT2D eigenvalue weighted by Gasteiger charge is 2.24. The zero-order chi connectivity index (χ0) is 17.9. The van der Waals surface area contributed by atoms with Gasteiger partial charge in [-0.3, -0.25) is 4.79 Å². The summed E-state index contributed by atoms with van der Waals surface area (Å²) in [4.78, 5) is 25.6. The second-order valence-electron chi connectivity index (χ2n) is 6.00. The van der Waals surface area contributed by atoms with E-state index in [2.05, 4.69) is 20.0 Å². The minimum Gasteiger partial charge on any atom is -0.477 e. The molecule has 3 aromatic heterocycles. The van der Waals surface area contributed by atoms with E-state index in [1.807, 2.05) is 30.0 Å². The van der Waals surface area contributed by atoms with Crippen LogP contribution in [0.3, 0.4) is 0 Å². The number of fused-ring (bicyclic) bond motifs is 1. The van der Waals surface area contributed by atoms with Crippen LogP contribution < -0.4 is 9.64 Å². The highest BCUT2D eigenvalue weighted by Crippen LogP contribution is 2.15. The van der Waals surface area contributed by atoms with Gasteiger partial charge in [0.1, 0.15) is 11.5 Å². The number of nitrogens with zero attached hydrogens (tertiary/aromatic N) is 6. The summed E-state index contributed by atoms with van der Waals surface area (Å²) in [6, 6.07) is 9.42. The van der Waals surface area contributed by atoms with E-state index in [4.69, 9.17) is 4.74 Å². The Hall–Kier alpha value is -3.16. The van der Waals surface area contributed by atoms with Crippen molar-refractivity contribution in [1.29, 1.82) is 0 Å². The highest BCUT2D eigenvalue weighted by molar-refractivity contribution is 5.93. The number of amides is 1. The van der Waals surface area contributed by atoms with Crippen LogP contribution in [0, 0.1) is 0 Å². The van der Waals surface area contributed by atoms with Gasteiger partial charge in [0.05, 0.1) is 12.8 Å². The molecule has 0 N–H and O–H groups in total. The molecule has 0 aromatic carbocycles. The summed E-state index contributed by atoms with van der Waals surface area (Å²) < 4.78 is 6.97. The number of anilines is 1. The second-order valence-corrected chi connectivity index (χ2v) is 6.00. The minimum absolute atomic E-state index is 0.0749. The summed E-state index contributed by atoms with van der Waals surface area (Å²) in [5.41, 5.74) is 1.03. The molecule has 0 saturated carbocycles. The van der Waals surface area contributed by atoms with Gasteiger partial charge in [-0.15, -0.1) is 5.10 Å². The van der Waals surface area contributed by atoms with Crippen LogP contribution in [0.4, 0.5) is 5.82 Å². The molecule has 1 aliphatic heterocycles. The maximum atomic E-state index is 12.8. The SMILES string of the molecule is CCOc1ccc2nc(C(=O)N3CCN(c4ccccn4)CC3)cn2n1. The molecule has 3 aromatic rings. The molecule has 134 valence electrons. The zero-order valence-corrected chi connectivity index (χ0v) is 14.6. The molecule has 1 saturated heterocycles. The van der Waals surface area contributed by atoms with E-state index < -0.39 is 0 Å². The van der Waals surface area contributed by atoms with Gasteiger partial charge in [0.2, 0.25) is 5.88 Å². The molecule has 0 radical (unpaired) electrons. The van der Waals surface area contributed by atoms with Gasteiger partial charge in [0.15, 0.2) is 5.65 Å². The molecular weight excluding hydrogens is 332 g/mol. The van der Waals surface area contributed by atoms with Gasteiger partial charge in [-0.25, -0.2) is 14.5 Å². The number of hydrogen-bond donors (Lipinski definition) is 0. The lowest BCUT2D eigenvalue weighted by atomic mass is 10.2. The van der Waals surface area contributed by atoms with E-state index in [0.29, 0.717) is 36.9 Å². The summed E-state index contributed by atoms with van der Waals surface area (Å²) in [7, 11) is 0. The number of rotatable bonds is 4. The molecule has 8 heteroatoms. The standard InChI is InChI=1S/C18H20N6O2/c1-2-26-17-7-6-16-20-14(13-24(16)21-17)18(25)23-11-9-22(10-12-23)15-5-3-4-8-19-15/h3-8,13H,2,9-12H2,1H3. The first kappa shape index (κ1) is 16.3. The van der Waals surface area contributed by atoms with Crippen LogP contribution in [0.1, 0.15) is 17.4 Å². The minimum atomic E-state index is -0.0749. The maximum Gasteiger partial charge on any atom is 0.274 e. The van der Waals surface area contributed by atoms with E-state index >= 15 is 0 Å². The quantitative estimate of drug-likeness (QED) is 0.708. The van der Waals surface area contributed by atoms with Gasteiger partial charge >= 0.3 is 0 Å². The summed E-state index contributed by atoms with van der Waals surface area (Å²) in [6.07, 6.45) is 3.44. The second kappa shape index (κ2) is 6.99. The molecule has 4 rings (SSSR count). The van der Waals surface area contributed by atoms with Crippen LogP contribution in [-0.2, 0) is 0 Å². The van der Waals surface area contributed by atoms with Crippen molar-refractivity contribution in [1.82, 2.24) is 24.5 Å². The largest absolute Gasteiger partial charge is 0.477 e. The van der Waals surface area contributed by atoms with Crippen LogP contribution >= 0.6 is 0 Å². The van der Waals surface area contributed by atoms with Crippen molar-refractivity contribution in [2.45, 2.75) is 6.92 Å². The first-order chi connectivity index (χ1) is 12.7. The van der Waals surface area contributed by atoms with E-state index in [9.17, 15) is 4.79 Å². The lowest BCUT2D eigenvalue weighted by Gasteiger charge is -2.35. The molecule has 0 unspecified atom stereocenters. The van der Waals surface area contributed by atoms with Crippen LogP contribution in [0.2, 0.25) is 0 Å². The van der Waals surface area contributed by atoms with Crippen LogP contribution in [0.25, 0.3) is 5.65 Å². The van der Waals surface area contributed by atoms with Crippen molar-refractivity contribution in [3.63, 3.8) is 0 Å². The smallest absolute Gasteiger partial charge is 0.274 e. The molecule has 0 bridgehead atoms. The van der Waals surface area contributed by atoms with Gasteiger partial charge < -0.3 is 14.5 Å². The van der Waals surface area contributed by atoms with Gasteiger partial charge in [-0.2, -0.15) is 0 Å². The van der Waals surface area contributed by atoms with Crippen LogP contribution in [0.15, 0.2) is 42.7 Å². The number of hydrogen-bond acceptors (Lipinski definition) is 6. The van der Waals surface area contributed by atoms with Crippen molar-refractivity contribution in [2.75, 3.05) is 37.7 Å². The Bertz CT molecular complexity index is 902. The normalized spacial score (nSPS) is 14.7. The number of imidazole rings is 1. The summed E-state index contributed by atoms with van der Waals surface area (Å²) >= 11 is 0. The first-order valence-corrected chi connectivity index (χ1v) is 8.69. The number of carbonyl (C=O) groups excluding carboxylic acids is 1. The number of pyridine rings is 1. The Balaban J connectivity index is 1.45. The average molecular weight is 352 g/mol. The van der Waals surface area contributed by atoms with E-state index in [1.165, 1.54) is 0 Å². The lowest BCUT2D eigenvalue weighted by Crippen LogP contribution is -2.49. The fraction of sp³-hybridized carbons (Fsp3) is 0.333. The van der Waals surface area contributed by atoms with Crippen LogP contribution in [0.5, 0.6) is 5.88 Å². The number of aromatic nitrogens is 4. The number of piperazine rings is 1.